The Morgan fingerprint density at radius 1 is 1.64 bits per heavy atom. The van der Waals surface area contributed by atoms with Crippen molar-refractivity contribution in [3.05, 3.63) is 0 Å². The Morgan fingerprint density at radius 3 is 3.09 bits per heavy atom. The molecule has 0 aromatic heterocycles. The maximum Gasteiger partial charge on any atom is 0.188 e. The maximum absolute atomic E-state index is 5.52. The average molecular weight is 171 g/mol. The smallest absolute Gasteiger partial charge is 0.188 e. The monoisotopic (exact) mass is 171 g/mol. The summed E-state index contributed by atoms with van der Waals surface area (Å²) in [6, 6.07) is 0.532. The quantitative estimate of drug-likeness (QED) is 0.585. The third kappa shape index (κ3) is 1.45. The van der Waals surface area contributed by atoms with E-state index in [1.165, 1.54) is 17.9 Å². The van der Waals surface area contributed by atoms with Crippen LogP contribution in [-0.2, 0) is 0 Å². The third-order valence-corrected chi connectivity index (χ3v) is 3.51. The van der Waals surface area contributed by atoms with Crippen LogP contribution in [0.4, 0.5) is 0 Å². The van der Waals surface area contributed by atoms with Crippen molar-refractivity contribution in [3.63, 3.8) is 0 Å². The topological polar surface area (TPSA) is 50.4 Å². The van der Waals surface area contributed by atoms with E-state index in [1.807, 2.05) is 11.8 Å². The van der Waals surface area contributed by atoms with E-state index in [2.05, 4.69) is 10.3 Å². The first kappa shape index (κ1) is 7.28. The van der Waals surface area contributed by atoms with Gasteiger partial charge in [-0.05, 0) is 23.8 Å². The van der Waals surface area contributed by atoms with E-state index in [9.17, 15) is 0 Å². The molecular weight excluding hydrogens is 158 g/mol. The summed E-state index contributed by atoms with van der Waals surface area (Å²) in [5, 5.41) is 3.21. The molecule has 0 saturated carbocycles. The molecule has 2 rings (SSSR count). The number of nitrogens with two attached hydrogens (primary N) is 1. The highest BCUT2D eigenvalue weighted by molar-refractivity contribution is 7.99. The van der Waals surface area contributed by atoms with Crippen LogP contribution in [-0.4, -0.2) is 30.1 Å². The van der Waals surface area contributed by atoms with Crippen molar-refractivity contribution in [2.45, 2.75) is 12.5 Å². The van der Waals surface area contributed by atoms with Crippen LogP contribution in [0.25, 0.3) is 0 Å². The highest BCUT2D eigenvalue weighted by atomic mass is 32.2. The molecule has 0 aliphatic carbocycles. The summed E-state index contributed by atoms with van der Waals surface area (Å²) in [6.07, 6.45) is 1.32. The predicted octanol–water partition coefficient (Wildman–Crippen LogP) is 0.0260. The second-order valence-corrected chi connectivity index (χ2v) is 4.25. The predicted molar refractivity (Wildman–Crippen MR) is 48.8 cm³/mol. The van der Waals surface area contributed by atoms with Crippen LogP contribution in [0.1, 0.15) is 6.42 Å². The Balaban J connectivity index is 1.88. The van der Waals surface area contributed by atoms with E-state index >= 15 is 0 Å². The average Bonchev–Trinajstić information content (AvgIpc) is 2.55. The van der Waals surface area contributed by atoms with Crippen LogP contribution < -0.4 is 11.1 Å². The van der Waals surface area contributed by atoms with Gasteiger partial charge in [-0.2, -0.15) is 11.8 Å². The van der Waals surface area contributed by atoms with E-state index in [0.29, 0.717) is 12.0 Å². The lowest BCUT2D eigenvalue weighted by molar-refractivity contribution is 0.456. The minimum atomic E-state index is 0.532. The molecule has 3 nitrogen and oxygen atoms in total. The summed E-state index contributed by atoms with van der Waals surface area (Å²) >= 11 is 2.04. The molecule has 3 N–H and O–H groups in total. The summed E-state index contributed by atoms with van der Waals surface area (Å²) < 4.78 is 0. The van der Waals surface area contributed by atoms with Gasteiger partial charge in [-0.15, -0.1) is 0 Å². The number of nitrogens with zero attached hydrogens (tertiary/aromatic N) is 1. The molecule has 2 aliphatic rings. The standard InChI is InChI=1S/C7H13N3S/c8-7-9-3-6(10-7)5-1-2-11-4-5/h5-6H,1-4H2,(H3,8,9,10). The molecule has 0 aromatic carbocycles. The molecule has 4 heteroatoms. The summed E-state index contributed by atoms with van der Waals surface area (Å²) in [5.41, 5.74) is 5.52. The molecule has 0 radical (unpaired) electrons. The van der Waals surface area contributed by atoms with E-state index in [-0.39, 0.29) is 0 Å². The normalized spacial score (nSPS) is 36.9. The Bertz CT molecular complexity index is 175. The zero-order valence-corrected chi connectivity index (χ0v) is 7.23. The van der Waals surface area contributed by atoms with Gasteiger partial charge in [-0.3, -0.25) is 4.99 Å². The Hall–Kier alpha value is -0.380. The van der Waals surface area contributed by atoms with Gasteiger partial charge in [0.25, 0.3) is 0 Å². The van der Waals surface area contributed by atoms with Crippen LogP contribution in [0.3, 0.4) is 0 Å². The number of hydrogen-bond acceptors (Lipinski definition) is 4. The highest BCUT2D eigenvalue weighted by Crippen LogP contribution is 2.27. The molecule has 1 fully saturated rings. The van der Waals surface area contributed by atoms with Crippen molar-refractivity contribution in [2.75, 3.05) is 18.1 Å². The number of hydrogen-bond donors (Lipinski definition) is 2. The molecule has 0 amide bonds. The van der Waals surface area contributed by atoms with Crippen LogP contribution in [0, 0.1) is 5.92 Å². The van der Waals surface area contributed by atoms with Crippen molar-refractivity contribution < 1.29 is 0 Å². The first-order valence-corrected chi connectivity index (χ1v) is 5.16. The number of rotatable bonds is 1. The zero-order valence-electron chi connectivity index (χ0n) is 6.42. The lowest BCUT2D eigenvalue weighted by atomic mass is 10.0. The Labute approximate surface area is 70.8 Å². The molecule has 2 unspecified atom stereocenters. The van der Waals surface area contributed by atoms with Gasteiger partial charge in [0.15, 0.2) is 5.96 Å². The molecule has 0 aromatic rings. The largest absolute Gasteiger partial charge is 0.370 e. The van der Waals surface area contributed by atoms with Crippen LogP contribution in [0.15, 0.2) is 4.99 Å². The maximum atomic E-state index is 5.52. The molecule has 0 spiro atoms. The van der Waals surface area contributed by atoms with Crippen molar-refractivity contribution in [1.82, 2.24) is 5.32 Å². The van der Waals surface area contributed by atoms with Gasteiger partial charge >= 0.3 is 0 Å². The van der Waals surface area contributed by atoms with Crippen molar-refractivity contribution in [3.8, 4) is 0 Å². The fourth-order valence-electron chi connectivity index (χ4n) is 1.61. The summed E-state index contributed by atoms with van der Waals surface area (Å²) in [4.78, 5) is 4.14. The van der Waals surface area contributed by atoms with Gasteiger partial charge in [0.1, 0.15) is 0 Å². The van der Waals surface area contributed by atoms with Gasteiger partial charge in [0.05, 0.1) is 12.6 Å². The van der Waals surface area contributed by atoms with E-state index in [4.69, 9.17) is 5.73 Å². The second-order valence-electron chi connectivity index (χ2n) is 3.10. The molecule has 2 heterocycles. The molecule has 0 bridgehead atoms. The molecule has 2 aliphatic heterocycles. The number of thioether (sulfide) groups is 1. The van der Waals surface area contributed by atoms with Gasteiger partial charge in [-0.25, -0.2) is 0 Å². The van der Waals surface area contributed by atoms with Crippen LogP contribution >= 0.6 is 11.8 Å². The SMILES string of the molecule is NC1=NCC(C2CCSC2)N1. The van der Waals surface area contributed by atoms with E-state index < -0.39 is 0 Å². The third-order valence-electron chi connectivity index (χ3n) is 2.33. The van der Waals surface area contributed by atoms with E-state index in [0.717, 1.165) is 12.5 Å². The zero-order chi connectivity index (χ0) is 7.68. The second kappa shape index (κ2) is 2.93. The lowest BCUT2D eigenvalue weighted by Gasteiger charge is -2.16. The van der Waals surface area contributed by atoms with Gasteiger partial charge in [-0.1, -0.05) is 0 Å². The molecular formula is C7H13N3S. The first-order chi connectivity index (χ1) is 5.36. The van der Waals surface area contributed by atoms with E-state index in [1.54, 1.807) is 0 Å². The van der Waals surface area contributed by atoms with Crippen molar-refractivity contribution >= 4 is 17.7 Å². The number of nitrogens with one attached hydrogen (secondary N) is 1. The van der Waals surface area contributed by atoms with Crippen LogP contribution in [0.2, 0.25) is 0 Å². The fraction of sp³-hybridized carbons (Fsp3) is 0.857. The molecule has 1 saturated heterocycles. The molecule has 62 valence electrons. The Kier molecular flexibility index (Phi) is 1.94. The van der Waals surface area contributed by atoms with Gasteiger partial charge in [0.2, 0.25) is 0 Å². The number of guanidine groups is 1. The molecule has 11 heavy (non-hydrogen) atoms. The highest BCUT2D eigenvalue weighted by Gasteiger charge is 2.27. The van der Waals surface area contributed by atoms with Crippen molar-refractivity contribution in [1.29, 1.82) is 0 Å². The van der Waals surface area contributed by atoms with Gasteiger partial charge in [0, 0.05) is 0 Å². The van der Waals surface area contributed by atoms with Crippen LogP contribution in [0.5, 0.6) is 0 Å². The fourth-order valence-corrected chi connectivity index (χ4v) is 2.95. The minimum Gasteiger partial charge on any atom is -0.370 e. The van der Waals surface area contributed by atoms with Gasteiger partial charge < -0.3 is 11.1 Å². The summed E-state index contributed by atoms with van der Waals surface area (Å²) in [6.45, 7) is 0.886. The summed E-state index contributed by atoms with van der Waals surface area (Å²) in [5.74, 6) is 4.01. The first-order valence-electron chi connectivity index (χ1n) is 4.00. The Morgan fingerprint density at radius 2 is 2.55 bits per heavy atom. The van der Waals surface area contributed by atoms with Crippen molar-refractivity contribution in [2.24, 2.45) is 16.6 Å². The minimum absolute atomic E-state index is 0.532. The number of aliphatic imine (C=N–C) groups is 1. The summed E-state index contributed by atoms with van der Waals surface area (Å²) in [7, 11) is 0. The molecule has 2 atom stereocenters. The lowest BCUT2D eigenvalue weighted by Crippen LogP contribution is -2.39.